The fraction of sp³-hybridized carbons (Fsp3) is 0.400. The van der Waals surface area contributed by atoms with Crippen molar-refractivity contribution in [3.63, 3.8) is 0 Å². The van der Waals surface area contributed by atoms with Crippen molar-refractivity contribution in [3.05, 3.63) is 75.9 Å². The van der Waals surface area contributed by atoms with E-state index in [1.54, 1.807) is 0 Å². The Morgan fingerprint density at radius 1 is 1.20 bits per heavy atom. The first-order valence-corrected chi connectivity index (χ1v) is 13.2. The lowest BCUT2D eigenvalue weighted by atomic mass is 9.52. The second-order valence-corrected chi connectivity index (χ2v) is 11.6. The number of sulfonamides is 1. The number of rotatable bonds is 3. The Hall–Kier alpha value is -3.24. The van der Waals surface area contributed by atoms with Gasteiger partial charge in [-0.1, -0.05) is 29.8 Å². The number of carbonyl (C=O) groups excluding carboxylic acids is 1. The molecule has 0 aromatic heterocycles. The number of para-hydroxylation sites is 1. The summed E-state index contributed by atoms with van der Waals surface area (Å²) in [6.07, 6.45) is 3.04. The number of benzene rings is 2. The molecule has 3 aliphatic heterocycles. The van der Waals surface area contributed by atoms with Crippen LogP contribution in [-0.4, -0.2) is 48.9 Å². The first kappa shape index (κ1) is 22.2. The molecule has 0 radical (unpaired) electrons. The number of ether oxygens (including phenoxy) is 1. The zero-order valence-corrected chi connectivity index (χ0v) is 19.9. The lowest BCUT2D eigenvalue weighted by Gasteiger charge is -2.58. The number of hydrogen-bond acceptors (Lipinski definition) is 7. The maximum Gasteiger partial charge on any atom is 0.310 e. The number of allylic oxidation sites excluding steroid dienone is 1. The molecule has 5 atom stereocenters. The zero-order valence-electron chi connectivity index (χ0n) is 19.1. The first-order chi connectivity index (χ1) is 16.8. The van der Waals surface area contributed by atoms with Gasteiger partial charge in [-0.25, -0.2) is 8.42 Å². The Morgan fingerprint density at radius 3 is 2.66 bits per heavy atom. The molecule has 35 heavy (non-hydrogen) atoms. The van der Waals surface area contributed by atoms with Crippen LogP contribution in [0.1, 0.15) is 25.3 Å². The minimum absolute atomic E-state index is 0.0201. The molecule has 4 aliphatic rings. The number of esters is 1. The van der Waals surface area contributed by atoms with Gasteiger partial charge in [-0.15, -0.1) is 0 Å². The molecule has 1 saturated carbocycles. The van der Waals surface area contributed by atoms with Gasteiger partial charge < -0.3 is 10.1 Å². The molecular weight excluding hydrogens is 470 g/mol. The monoisotopic (exact) mass is 495 g/mol. The minimum atomic E-state index is -3.97. The van der Waals surface area contributed by atoms with Gasteiger partial charge in [0.2, 0.25) is 10.0 Å². The first-order valence-electron chi connectivity index (χ1n) is 11.7. The summed E-state index contributed by atoms with van der Waals surface area (Å²) < 4.78 is 34.9. The van der Waals surface area contributed by atoms with Crippen molar-refractivity contribution in [3.8, 4) is 0 Å². The topological polar surface area (TPSA) is 119 Å². The minimum Gasteiger partial charge on any atom is -0.465 e. The molecule has 6 rings (SSSR count). The average Bonchev–Trinajstić information content (AvgIpc) is 3.18. The molecule has 1 N–H and O–H groups in total. The number of hydrogen-bond donors (Lipinski definition) is 1. The van der Waals surface area contributed by atoms with Crippen molar-refractivity contribution >= 4 is 27.4 Å². The molecule has 0 amide bonds. The molecule has 9 nitrogen and oxygen atoms in total. The van der Waals surface area contributed by atoms with Crippen LogP contribution in [0.25, 0.3) is 0 Å². The number of cyclic esters (lactones) is 1. The van der Waals surface area contributed by atoms with Crippen LogP contribution in [-0.2, 0) is 25.0 Å². The van der Waals surface area contributed by atoms with E-state index < -0.39 is 26.4 Å². The molecule has 1 spiro atoms. The molecule has 3 heterocycles. The quantitative estimate of drug-likeness (QED) is 0.301. The van der Waals surface area contributed by atoms with Crippen molar-refractivity contribution in [2.24, 2.45) is 11.8 Å². The molecule has 10 heteroatoms. The zero-order chi connectivity index (χ0) is 24.5. The average molecular weight is 496 g/mol. The lowest BCUT2D eigenvalue weighted by molar-refractivity contribution is -0.384. The highest BCUT2D eigenvalue weighted by atomic mass is 32.2. The van der Waals surface area contributed by atoms with Gasteiger partial charge in [0.15, 0.2) is 0 Å². The maximum absolute atomic E-state index is 13.9. The van der Waals surface area contributed by atoms with Crippen molar-refractivity contribution in [2.75, 3.05) is 18.5 Å². The summed E-state index contributed by atoms with van der Waals surface area (Å²) in [5.74, 6) is -0.719. The molecular formula is C25H25N3O6S. The van der Waals surface area contributed by atoms with Gasteiger partial charge in [0.1, 0.15) is 0 Å². The van der Waals surface area contributed by atoms with Gasteiger partial charge in [-0.05, 0) is 49.4 Å². The Labute approximate surface area is 203 Å². The Bertz CT molecular complexity index is 1370. The number of non-ortho nitro benzene ring substituents is 1. The number of nitro groups is 1. The van der Waals surface area contributed by atoms with E-state index in [1.165, 1.54) is 28.6 Å². The van der Waals surface area contributed by atoms with Gasteiger partial charge in [0.05, 0.1) is 28.4 Å². The van der Waals surface area contributed by atoms with E-state index >= 15 is 0 Å². The van der Waals surface area contributed by atoms with E-state index in [0.717, 1.165) is 16.8 Å². The van der Waals surface area contributed by atoms with Crippen LogP contribution in [0.4, 0.5) is 11.4 Å². The molecule has 0 unspecified atom stereocenters. The highest BCUT2D eigenvalue weighted by molar-refractivity contribution is 7.89. The predicted octanol–water partition coefficient (Wildman–Crippen LogP) is 3.23. The fourth-order valence-electron chi connectivity index (χ4n) is 6.91. The van der Waals surface area contributed by atoms with E-state index in [1.807, 2.05) is 37.3 Å². The van der Waals surface area contributed by atoms with Crippen LogP contribution in [0.3, 0.4) is 0 Å². The highest BCUT2D eigenvalue weighted by Gasteiger charge is 2.67. The van der Waals surface area contributed by atoms with E-state index in [2.05, 4.69) is 5.32 Å². The third kappa shape index (κ3) is 2.96. The number of nitrogens with one attached hydrogen (secondary N) is 1. The second kappa shape index (κ2) is 7.63. The van der Waals surface area contributed by atoms with Crippen molar-refractivity contribution < 1.29 is 22.9 Å². The maximum atomic E-state index is 13.9. The predicted molar refractivity (Wildman–Crippen MR) is 127 cm³/mol. The summed E-state index contributed by atoms with van der Waals surface area (Å²) in [6.45, 7) is 2.33. The number of fused-ring (bicyclic) bond motifs is 5. The molecule has 3 fully saturated rings. The SMILES string of the molecule is C/C=C1/CN(S(=O)(=O)c2ccc([N+](=O)[O-])cc2)[C@H]2C[C@@H]1[C@H]1C(=O)OCC[C@]13c1ccccc1N[C@H]23. The van der Waals surface area contributed by atoms with Crippen LogP contribution in [0.2, 0.25) is 0 Å². The Balaban J connectivity index is 1.50. The summed E-state index contributed by atoms with van der Waals surface area (Å²) in [7, 11) is -3.97. The molecule has 182 valence electrons. The normalized spacial score (nSPS) is 32.7. The number of nitro benzene ring substituents is 1. The van der Waals surface area contributed by atoms with Crippen molar-refractivity contribution in [1.29, 1.82) is 0 Å². The fourth-order valence-corrected chi connectivity index (χ4v) is 8.54. The third-order valence-electron chi connectivity index (χ3n) is 8.36. The molecule has 1 aliphatic carbocycles. The summed E-state index contributed by atoms with van der Waals surface area (Å²) >= 11 is 0. The van der Waals surface area contributed by atoms with E-state index in [9.17, 15) is 23.3 Å². The van der Waals surface area contributed by atoms with Gasteiger partial charge in [0.25, 0.3) is 5.69 Å². The van der Waals surface area contributed by atoms with Gasteiger partial charge in [0, 0.05) is 35.8 Å². The Morgan fingerprint density at radius 2 is 1.94 bits per heavy atom. The summed E-state index contributed by atoms with van der Waals surface area (Å²) in [5, 5.41) is 14.7. The second-order valence-electron chi connectivity index (χ2n) is 9.68. The van der Waals surface area contributed by atoms with Crippen molar-refractivity contribution in [2.45, 2.75) is 42.2 Å². The molecule has 2 saturated heterocycles. The van der Waals surface area contributed by atoms with E-state index in [4.69, 9.17) is 4.74 Å². The van der Waals surface area contributed by atoms with Crippen LogP contribution >= 0.6 is 0 Å². The lowest BCUT2D eigenvalue weighted by Crippen LogP contribution is -2.69. The van der Waals surface area contributed by atoms with Gasteiger partial charge in [-0.3, -0.25) is 14.9 Å². The standard InChI is InChI=1S/C25H25N3O6S/c1-2-15-14-27(35(32,33)17-9-7-16(8-10-17)28(30)31)21-13-18(15)22-24(29)34-12-11-25(22)19-5-3-4-6-20(19)26-23(21)25/h2-10,18,21-23,26H,11-14H2,1H3/b15-2-/t18-,21-,22-,23+,25-/m0/s1. The highest BCUT2D eigenvalue weighted by Crippen LogP contribution is 2.61. The number of nitrogens with zero attached hydrogens (tertiary/aromatic N) is 2. The smallest absolute Gasteiger partial charge is 0.310 e. The van der Waals surface area contributed by atoms with E-state index in [-0.39, 0.29) is 41.0 Å². The number of anilines is 1. The molecule has 2 aromatic carbocycles. The molecule has 2 bridgehead atoms. The van der Waals surface area contributed by atoms with Crippen LogP contribution in [0.15, 0.2) is 65.1 Å². The Kier molecular flexibility index (Phi) is 4.85. The van der Waals surface area contributed by atoms with Gasteiger partial charge >= 0.3 is 5.97 Å². The number of piperidine rings is 1. The van der Waals surface area contributed by atoms with Crippen LogP contribution in [0, 0.1) is 22.0 Å². The third-order valence-corrected chi connectivity index (χ3v) is 10.2. The van der Waals surface area contributed by atoms with Gasteiger partial charge in [-0.2, -0.15) is 4.31 Å². The van der Waals surface area contributed by atoms with Crippen LogP contribution in [0.5, 0.6) is 0 Å². The summed E-state index contributed by atoms with van der Waals surface area (Å²) in [5.41, 5.74) is 2.14. The summed E-state index contributed by atoms with van der Waals surface area (Å²) in [6, 6.07) is 12.3. The summed E-state index contributed by atoms with van der Waals surface area (Å²) in [4.78, 5) is 23.8. The van der Waals surface area contributed by atoms with Crippen molar-refractivity contribution in [1.82, 2.24) is 4.31 Å². The number of carbonyl (C=O) groups is 1. The van der Waals surface area contributed by atoms with Crippen LogP contribution < -0.4 is 5.32 Å². The largest absolute Gasteiger partial charge is 0.465 e. The van der Waals surface area contributed by atoms with E-state index in [0.29, 0.717) is 19.4 Å². The molecule has 2 aromatic rings.